The molecule has 0 N–H and O–H groups in total. The van der Waals surface area contributed by atoms with Crippen LogP contribution < -0.4 is 0 Å². The van der Waals surface area contributed by atoms with E-state index in [1.165, 1.54) is 12.7 Å². The average Bonchev–Trinajstić information content (AvgIpc) is 2.99. The molecule has 0 atom stereocenters. The van der Waals surface area contributed by atoms with Gasteiger partial charge in [-0.25, -0.2) is 4.79 Å². The number of carbonyl (C=O) groups excluding carboxylic acids is 1. The molecule has 1 heterocycles. The van der Waals surface area contributed by atoms with E-state index in [0.717, 1.165) is 33.9 Å². The summed E-state index contributed by atoms with van der Waals surface area (Å²) >= 11 is 0. The zero-order valence-corrected chi connectivity index (χ0v) is 18.0. The molecule has 0 radical (unpaired) electrons. The number of carbonyl (C=O) groups is 1. The van der Waals surface area contributed by atoms with Crippen LogP contribution in [0.3, 0.4) is 0 Å². The summed E-state index contributed by atoms with van der Waals surface area (Å²) in [4.78, 5) is 16.6. The SMILES string of the molecule is COC(=O)c1ccc(-n2c(C)cc(C=Nc3ccccc3C(C)C)c2C)c(C)c1. The van der Waals surface area contributed by atoms with Gasteiger partial charge in [0.25, 0.3) is 0 Å². The van der Waals surface area contributed by atoms with Gasteiger partial charge in [-0.2, -0.15) is 0 Å². The first-order valence-electron chi connectivity index (χ1n) is 9.84. The van der Waals surface area contributed by atoms with Crippen LogP contribution in [0.4, 0.5) is 5.69 Å². The van der Waals surface area contributed by atoms with Crippen LogP contribution in [0, 0.1) is 20.8 Å². The summed E-state index contributed by atoms with van der Waals surface area (Å²) in [5, 5.41) is 0. The van der Waals surface area contributed by atoms with Gasteiger partial charge in [0.15, 0.2) is 0 Å². The van der Waals surface area contributed by atoms with Gasteiger partial charge >= 0.3 is 5.97 Å². The van der Waals surface area contributed by atoms with Gasteiger partial charge in [-0.05, 0) is 68.1 Å². The molecule has 0 aliphatic carbocycles. The molecule has 0 aliphatic heterocycles. The van der Waals surface area contributed by atoms with E-state index in [1.807, 2.05) is 31.3 Å². The Labute approximate surface area is 172 Å². The van der Waals surface area contributed by atoms with Gasteiger partial charge in [-0.3, -0.25) is 4.99 Å². The van der Waals surface area contributed by atoms with Crippen molar-refractivity contribution in [2.45, 2.75) is 40.5 Å². The van der Waals surface area contributed by atoms with E-state index in [4.69, 9.17) is 9.73 Å². The van der Waals surface area contributed by atoms with Gasteiger partial charge in [-0.1, -0.05) is 32.0 Å². The fourth-order valence-corrected chi connectivity index (χ4v) is 3.67. The minimum atomic E-state index is -0.322. The first-order valence-corrected chi connectivity index (χ1v) is 9.84. The van der Waals surface area contributed by atoms with Crippen LogP contribution in [-0.4, -0.2) is 23.9 Å². The quantitative estimate of drug-likeness (QED) is 0.394. The van der Waals surface area contributed by atoms with Gasteiger partial charge in [-0.15, -0.1) is 0 Å². The van der Waals surface area contributed by atoms with Gasteiger partial charge in [0.1, 0.15) is 0 Å². The smallest absolute Gasteiger partial charge is 0.337 e. The lowest BCUT2D eigenvalue weighted by Crippen LogP contribution is -2.06. The molecule has 4 heteroatoms. The number of hydrogen-bond acceptors (Lipinski definition) is 3. The highest BCUT2D eigenvalue weighted by atomic mass is 16.5. The van der Waals surface area contributed by atoms with Gasteiger partial charge in [0.05, 0.1) is 18.4 Å². The van der Waals surface area contributed by atoms with Crippen LogP contribution in [0.5, 0.6) is 0 Å². The number of aromatic nitrogens is 1. The molecular weight excluding hydrogens is 360 g/mol. The van der Waals surface area contributed by atoms with Crippen molar-refractivity contribution in [1.82, 2.24) is 4.57 Å². The summed E-state index contributed by atoms with van der Waals surface area (Å²) in [5.41, 5.74) is 8.19. The molecule has 0 saturated carbocycles. The van der Waals surface area contributed by atoms with Crippen LogP contribution in [0.2, 0.25) is 0 Å². The van der Waals surface area contributed by atoms with Crippen LogP contribution in [0.15, 0.2) is 53.5 Å². The van der Waals surface area contributed by atoms with E-state index >= 15 is 0 Å². The topological polar surface area (TPSA) is 43.6 Å². The standard InChI is InChI=1S/C25H28N2O2/c1-16(2)22-9-7-8-10-23(22)26-15-21-14-18(4)27(19(21)5)24-12-11-20(13-17(24)3)25(28)29-6/h7-16H,1-6H3. The number of aliphatic imine (C=N–C) groups is 1. The Morgan fingerprint density at radius 2 is 1.79 bits per heavy atom. The monoisotopic (exact) mass is 388 g/mol. The van der Waals surface area contributed by atoms with Gasteiger partial charge in [0.2, 0.25) is 0 Å². The van der Waals surface area contributed by atoms with E-state index < -0.39 is 0 Å². The molecular formula is C25H28N2O2. The number of rotatable bonds is 5. The predicted molar refractivity (Wildman–Crippen MR) is 119 cm³/mol. The third-order valence-electron chi connectivity index (χ3n) is 5.23. The summed E-state index contributed by atoms with van der Waals surface area (Å²) in [5.74, 6) is 0.101. The summed E-state index contributed by atoms with van der Waals surface area (Å²) < 4.78 is 7.03. The zero-order chi connectivity index (χ0) is 21.1. The number of benzene rings is 2. The third kappa shape index (κ3) is 4.16. The maximum absolute atomic E-state index is 11.8. The second-order valence-corrected chi connectivity index (χ2v) is 7.63. The van der Waals surface area contributed by atoms with Crippen LogP contribution in [0.1, 0.15) is 58.2 Å². The normalized spacial score (nSPS) is 11.4. The summed E-state index contributed by atoms with van der Waals surface area (Å²) in [6, 6.07) is 16.1. The van der Waals surface area contributed by atoms with Crippen molar-refractivity contribution in [3.8, 4) is 5.69 Å². The largest absolute Gasteiger partial charge is 0.465 e. The summed E-state index contributed by atoms with van der Waals surface area (Å²) in [7, 11) is 1.40. The minimum Gasteiger partial charge on any atom is -0.465 e. The predicted octanol–water partition coefficient (Wildman–Crippen LogP) is 6.06. The molecule has 4 nitrogen and oxygen atoms in total. The minimum absolute atomic E-state index is 0.322. The Morgan fingerprint density at radius 3 is 2.45 bits per heavy atom. The first kappa shape index (κ1) is 20.6. The maximum Gasteiger partial charge on any atom is 0.337 e. The number of aryl methyl sites for hydroxylation is 2. The molecule has 0 unspecified atom stereocenters. The number of para-hydroxylation sites is 1. The van der Waals surface area contributed by atoms with Gasteiger partial charge in [0, 0.05) is 28.9 Å². The highest BCUT2D eigenvalue weighted by Crippen LogP contribution is 2.27. The molecule has 0 saturated heterocycles. The van der Waals surface area contributed by atoms with E-state index in [2.05, 4.69) is 56.5 Å². The summed E-state index contributed by atoms with van der Waals surface area (Å²) in [6.07, 6.45) is 1.94. The van der Waals surface area contributed by atoms with Crippen molar-refractivity contribution in [2.75, 3.05) is 7.11 Å². The second kappa shape index (κ2) is 8.48. The molecule has 0 fully saturated rings. The number of ether oxygens (including phenoxy) is 1. The lowest BCUT2D eigenvalue weighted by Gasteiger charge is -2.14. The molecule has 29 heavy (non-hydrogen) atoms. The number of esters is 1. The molecule has 0 bridgehead atoms. The van der Waals surface area contributed by atoms with E-state index in [0.29, 0.717) is 11.5 Å². The van der Waals surface area contributed by atoms with Crippen LogP contribution in [0.25, 0.3) is 5.69 Å². The van der Waals surface area contributed by atoms with E-state index in [9.17, 15) is 4.79 Å². The maximum atomic E-state index is 11.8. The Balaban J connectivity index is 1.99. The summed E-state index contributed by atoms with van der Waals surface area (Å²) in [6.45, 7) is 10.5. The van der Waals surface area contributed by atoms with E-state index in [1.54, 1.807) is 6.07 Å². The fourth-order valence-electron chi connectivity index (χ4n) is 3.67. The molecule has 3 rings (SSSR count). The third-order valence-corrected chi connectivity index (χ3v) is 5.23. The van der Waals surface area contributed by atoms with E-state index in [-0.39, 0.29) is 5.97 Å². The molecule has 0 spiro atoms. The van der Waals surface area contributed by atoms with Crippen molar-refractivity contribution in [3.05, 3.63) is 82.2 Å². The molecule has 2 aromatic carbocycles. The molecule has 1 aromatic heterocycles. The number of methoxy groups -OCH3 is 1. The fraction of sp³-hybridized carbons (Fsp3) is 0.280. The molecule has 150 valence electrons. The van der Waals surface area contributed by atoms with Crippen molar-refractivity contribution in [2.24, 2.45) is 4.99 Å². The van der Waals surface area contributed by atoms with Crippen LogP contribution in [-0.2, 0) is 4.74 Å². The lowest BCUT2D eigenvalue weighted by atomic mass is 10.0. The lowest BCUT2D eigenvalue weighted by molar-refractivity contribution is 0.0600. The number of hydrogen-bond donors (Lipinski definition) is 0. The Bertz CT molecular complexity index is 1070. The Kier molecular flexibility index (Phi) is 6.02. The van der Waals surface area contributed by atoms with Crippen molar-refractivity contribution >= 4 is 17.9 Å². The van der Waals surface area contributed by atoms with Crippen molar-refractivity contribution in [3.63, 3.8) is 0 Å². The average molecular weight is 389 g/mol. The highest BCUT2D eigenvalue weighted by Gasteiger charge is 2.14. The molecule has 0 amide bonds. The van der Waals surface area contributed by atoms with Gasteiger partial charge < -0.3 is 9.30 Å². The highest BCUT2D eigenvalue weighted by molar-refractivity contribution is 5.90. The van der Waals surface area contributed by atoms with Crippen molar-refractivity contribution < 1.29 is 9.53 Å². The number of nitrogens with zero attached hydrogens (tertiary/aromatic N) is 2. The Hall–Kier alpha value is -3.14. The second-order valence-electron chi connectivity index (χ2n) is 7.63. The first-order chi connectivity index (χ1) is 13.8. The van der Waals surface area contributed by atoms with Crippen molar-refractivity contribution in [1.29, 1.82) is 0 Å². The zero-order valence-electron chi connectivity index (χ0n) is 18.0. The Morgan fingerprint density at radius 1 is 1.07 bits per heavy atom. The molecule has 3 aromatic rings. The molecule has 0 aliphatic rings. The van der Waals surface area contributed by atoms with Crippen LogP contribution >= 0.6 is 0 Å².